The Morgan fingerprint density at radius 1 is 1.24 bits per heavy atom. The van der Waals surface area contributed by atoms with Crippen molar-refractivity contribution < 1.29 is 9.30 Å². The van der Waals surface area contributed by atoms with Gasteiger partial charge in [-0.3, -0.25) is 9.46 Å². The second kappa shape index (κ2) is 6.12. The fraction of sp³-hybridized carbons (Fsp3) is 0.818. The van der Waals surface area contributed by atoms with Crippen LogP contribution in [0.15, 0.2) is 12.7 Å². The average molecular weight is 261 g/mol. The van der Waals surface area contributed by atoms with E-state index in [0.29, 0.717) is 13.2 Å². The van der Waals surface area contributed by atoms with Crippen molar-refractivity contribution in [1.29, 1.82) is 0 Å². The van der Waals surface area contributed by atoms with Crippen LogP contribution in [-0.4, -0.2) is 74.5 Å². The van der Waals surface area contributed by atoms with Crippen molar-refractivity contribution in [2.24, 2.45) is 0 Å². The molecule has 1 atom stereocenters. The molecule has 0 amide bonds. The third kappa shape index (κ3) is 2.98. The molecule has 0 aromatic rings. The summed E-state index contributed by atoms with van der Waals surface area (Å²) >= 11 is 0. The molecule has 0 bridgehead atoms. The summed E-state index contributed by atoms with van der Waals surface area (Å²) in [6, 6.07) is 0. The lowest BCUT2D eigenvalue weighted by Gasteiger charge is -2.42. The maximum atomic E-state index is 13.1. The van der Waals surface area contributed by atoms with Crippen molar-refractivity contribution in [3.8, 4) is 0 Å². The Bertz CT molecular complexity index is 289. The van der Waals surface area contributed by atoms with Gasteiger partial charge >= 0.3 is 0 Å². The van der Waals surface area contributed by atoms with Gasteiger partial charge in [0.15, 0.2) is 0 Å². The summed E-state index contributed by atoms with van der Waals surface area (Å²) in [5.74, 6) is -0.142. The Morgan fingerprint density at radius 3 is 2.06 bits per heavy atom. The predicted molar refractivity (Wildman–Crippen MR) is 71.4 cm³/mol. The average Bonchev–Trinajstić information content (AvgIpc) is 2.30. The van der Waals surface area contributed by atoms with E-state index in [4.69, 9.17) is 4.74 Å². The number of hydrogen-bond donors (Lipinski definition) is 0. The zero-order chi connectivity index (χ0) is 13.1. The minimum atomic E-state index is -2.62. The first-order valence-electron chi connectivity index (χ1n) is 5.84. The Hall–Kier alpha value is -0.190. The molecule has 0 aliphatic carbocycles. The second-order valence-corrected chi connectivity index (χ2v) is 7.89. The number of nitrogens with zero attached hydrogens (tertiary/aromatic N) is 3. The molecule has 1 unspecified atom stereocenters. The van der Waals surface area contributed by atoms with E-state index in [1.165, 1.54) is 0 Å². The Labute approximate surface area is 104 Å². The molecule has 1 fully saturated rings. The van der Waals surface area contributed by atoms with Gasteiger partial charge in [-0.1, -0.05) is 6.08 Å². The Kier molecular flexibility index (Phi) is 5.35. The summed E-state index contributed by atoms with van der Waals surface area (Å²) in [7, 11) is 4.81. The highest BCUT2D eigenvalue weighted by atomic mass is 31.2. The van der Waals surface area contributed by atoms with Gasteiger partial charge in [0.25, 0.3) is 0 Å². The lowest BCUT2D eigenvalue weighted by molar-refractivity contribution is 0.0355. The zero-order valence-corrected chi connectivity index (χ0v) is 12.2. The minimum absolute atomic E-state index is 0.142. The third-order valence-electron chi connectivity index (χ3n) is 3.12. The number of morpholine rings is 1. The topological polar surface area (TPSA) is 36.0 Å². The lowest BCUT2D eigenvalue weighted by atomic mass is 10.4. The highest BCUT2D eigenvalue weighted by Crippen LogP contribution is 2.55. The van der Waals surface area contributed by atoms with Crippen LogP contribution in [-0.2, 0) is 9.30 Å². The van der Waals surface area contributed by atoms with Crippen LogP contribution in [0.25, 0.3) is 0 Å². The van der Waals surface area contributed by atoms with Crippen LogP contribution in [0.4, 0.5) is 0 Å². The molecule has 1 aliphatic rings. The lowest BCUT2D eigenvalue weighted by Crippen LogP contribution is -2.46. The standard InChI is InChI=1S/C11H24N3O2P/c1-6-11(14-7-9-16-10-8-14)17(15,12(2)3)13(4)5/h6,11H,1,7-10H2,2-5H3. The van der Waals surface area contributed by atoms with Gasteiger partial charge in [0, 0.05) is 13.1 Å². The molecule has 1 aliphatic heterocycles. The Balaban J connectivity index is 2.96. The molecule has 0 N–H and O–H groups in total. The molecule has 1 saturated heterocycles. The molecule has 5 nitrogen and oxygen atoms in total. The third-order valence-corrected chi connectivity index (χ3v) is 6.64. The van der Waals surface area contributed by atoms with Crippen LogP contribution in [0.1, 0.15) is 0 Å². The summed E-state index contributed by atoms with van der Waals surface area (Å²) in [5.41, 5.74) is 0. The summed E-state index contributed by atoms with van der Waals surface area (Å²) in [5, 5.41) is 0. The molecular formula is C11H24N3O2P. The van der Waals surface area contributed by atoms with Gasteiger partial charge in [0.1, 0.15) is 5.78 Å². The van der Waals surface area contributed by atoms with Crippen LogP contribution >= 0.6 is 7.44 Å². The fourth-order valence-electron chi connectivity index (χ4n) is 2.17. The van der Waals surface area contributed by atoms with Crippen molar-refractivity contribution in [3.05, 3.63) is 12.7 Å². The van der Waals surface area contributed by atoms with E-state index in [1.54, 1.807) is 6.08 Å². The van der Waals surface area contributed by atoms with E-state index in [9.17, 15) is 4.57 Å². The van der Waals surface area contributed by atoms with E-state index < -0.39 is 7.44 Å². The van der Waals surface area contributed by atoms with E-state index in [2.05, 4.69) is 11.5 Å². The largest absolute Gasteiger partial charge is 0.379 e. The highest BCUT2D eigenvalue weighted by molar-refractivity contribution is 7.59. The molecule has 0 radical (unpaired) electrons. The summed E-state index contributed by atoms with van der Waals surface area (Å²) in [4.78, 5) is 2.19. The normalized spacial score (nSPS) is 20.8. The van der Waals surface area contributed by atoms with Gasteiger partial charge in [-0.05, 0) is 28.2 Å². The number of hydrogen-bond acceptors (Lipinski definition) is 3. The predicted octanol–water partition coefficient (Wildman–Crippen LogP) is 1.15. The number of rotatable bonds is 5. The maximum absolute atomic E-state index is 13.1. The number of ether oxygens (including phenoxy) is 1. The summed E-state index contributed by atoms with van der Waals surface area (Å²) in [6.45, 7) is 6.87. The van der Waals surface area contributed by atoms with Crippen LogP contribution in [0.3, 0.4) is 0 Å². The van der Waals surface area contributed by atoms with Gasteiger partial charge in [0.2, 0.25) is 7.44 Å². The SMILES string of the molecule is C=CC(N1CCOCC1)P(=O)(N(C)C)N(C)C. The van der Waals surface area contributed by atoms with E-state index in [0.717, 1.165) is 13.1 Å². The molecule has 17 heavy (non-hydrogen) atoms. The summed E-state index contributed by atoms with van der Waals surface area (Å²) in [6.07, 6.45) is 1.80. The Morgan fingerprint density at radius 2 is 1.71 bits per heavy atom. The molecule has 0 spiro atoms. The van der Waals surface area contributed by atoms with Crippen LogP contribution in [0.2, 0.25) is 0 Å². The zero-order valence-electron chi connectivity index (χ0n) is 11.3. The van der Waals surface area contributed by atoms with Crippen LogP contribution < -0.4 is 0 Å². The monoisotopic (exact) mass is 261 g/mol. The fourth-order valence-corrected chi connectivity index (χ4v) is 4.77. The first-order valence-corrected chi connectivity index (χ1v) is 7.52. The second-order valence-electron chi connectivity index (χ2n) is 4.58. The van der Waals surface area contributed by atoms with Gasteiger partial charge in [-0.15, -0.1) is 6.58 Å². The highest BCUT2D eigenvalue weighted by Gasteiger charge is 2.40. The molecule has 1 rings (SSSR count). The van der Waals surface area contributed by atoms with E-state index >= 15 is 0 Å². The van der Waals surface area contributed by atoms with Crippen LogP contribution in [0.5, 0.6) is 0 Å². The molecule has 0 saturated carbocycles. The first kappa shape index (κ1) is 14.9. The quantitative estimate of drug-likeness (QED) is 0.548. The molecular weight excluding hydrogens is 237 g/mol. The van der Waals surface area contributed by atoms with Gasteiger partial charge < -0.3 is 4.74 Å². The smallest absolute Gasteiger partial charge is 0.235 e. The summed E-state index contributed by atoms with van der Waals surface area (Å²) < 4.78 is 22.1. The van der Waals surface area contributed by atoms with Crippen LogP contribution in [0, 0.1) is 0 Å². The van der Waals surface area contributed by atoms with Crippen molar-refractivity contribution in [2.75, 3.05) is 54.5 Å². The minimum Gasteiger partial charge on any atom is -0.379 e. The van der Waals surface area contributed by atoms with Gasteiger partial charge in [-0.25, -0.2) is 9.34 Å². The first-order chi connectivity index (χ1) is 7.94. The maximum Gasteiger partial charge on any atom is 0.235 e. The van der Waals surface area contributed by atoms with E-state index in [-0.39, 0.29) is 5.78 Å². The van der Waals surface area contributed by atoms with Gasteiger partial charge in [0.05, 0.1) is 13.2 Å². The van der Waals surface area contributed by atoms with Crippen molar-refractivity contribution in [3.63, 3.8) is 0 Å². The van der Waals surface area contributed by atoms with Crippen molar-refractivity contribution >= 4 is 7.44 Å². The molecule has 1 heterocycles. The van der Waals surface area contributed by atoms with E-state index in [1.807, 2.05) is 37.5 Å². The molecule has 0 aromatic carbocycles. The molecule has 0 aromatic heterocycles. The van der Waals surface area contributed by atoms with Gasteiger partial charge in [-0.2, -0.15) is 0 Å². The van der Waals surface area contributed by atoms with Crippen molar-refractivity contribution in [1.82, 2.24) is 14.2 Å². The molecule has 6 heteroatoms. The van der Waals surface area contributed by atoms with Crippen molar-refractivity contribution in [2.45, 2.75) is 5.78 Å². The molecule has 100 valence electrons.